The molecule has 0 aliphatic carbocycles. The van der Waals surface area contributed by atoms with Crippen LogP contribution in [0.25, 0.3) is 0 Å². The van der Waals surface area contributed by atoms with E-state index in [1.54, 1.807) is 18.3 Å². The van der Waals surface area contributed by atoms with Crippen LogP contribution in [0.15, 0.2) is 79.0 Å². The molecule has 0 radical (unpaired) electrons. The Kier molecular flexibility index (Phi) is 10.1. The van der Waals surface area contributed by atoms with Crippen LogP contribution in [0.1, 0.15) is 68.8 Å². The number of nitrogens with two attached hydrogens (primary N) is 1. The van der Waals surface area contributed by atoms with Gasteiger partial charge >= 0.3 is 0 Å². The number of aromatic nitrogens is 2. The molecule has 13 nitrogen and oxygen atoms in total. The zero-order chi connectivity index (χ0) is 36.4. The Morgan fingerprint density at radius 2 is 1.87 bits per heavy atom. The number of benzene rings is 3. The number of nitrogens with zero attached hydrogens (tertiary/aromatic N) is 4. The van der Waals surface area contributed by atoms with Crippen molar-refractivity contribution in [3.05, 3.63) is 113 Å². The van der Waals surface area contributed by atoms with Gasteiger partial charge in [0.15, 0.2) is 6.23 Å². The summed E-state index contributed by atoms with van der Waals surface area (Å²) >= 11 is 0. The van der Waals surface area contributed by atoms with Gasteiger partial charge in [-0.1, -0.05) is 55.0 Å². The van der Waals surface area contributed by atoms with E-state index < -0.39 is 12.1 Å². The average Bonchev–Trinajstić information content (AvgIpc) is 3.41. The first-order valence-electron chi connectivity index (χ1n) is 18.3. The van der Waals surface area contributed by atoms with Gasteiger partial charge in [0, 0.05) is 44.0 Å². The fourth-order valence-corrected chi connectivity index (χ4v) is 7.70. The normalized spacial score (nSPS) is 20.1. The van der Waals surface area contributed by atoms with Crippen molar-refractivity contribution in [2.45, 2.75) is 57.4 Å². The third-order valence-corrected chi connectivity index (χ3v) is 10.6. The molecular weight excluding hydrogens is 674 g/mol. The first kappa shape index (κ1) is 35.1. The Morgan fingerprint density at radius 3 is 2.62 bits per heavy atom. The van der Waals surface area contributed by atoms with Gasteiger partial charge in [0.05, 0.1) is 42.1 Å². The summed E-state index contributed by atoms with van der Waals surface area (Å²) in [6.45, 7) is 6.88. The second-order valence-corrected chi connectivity index (χ2v) is 14.6. The topological polar surface area (TPSA) is 153 Å². The predicted molar refractivity (Wildman–Crippen MR) is 197 cm³/mol. The molecule has 276 valence electrons. The van der Waals surface area contributed by atoms with Crippen LogP contribution in [0.5, 0.6) is 5.75 Å². The van der Waals surface area contributed by atoms with Crippen molar-refractivity contribution in [3.63, 3.8) is 0 Å². The van der Waals surface area contributed by atoms with E-state index in [1.165, 1.54) is 16.7 Å². The first-order valence-corrected chi connectivity index (χ1v) is 18.3. The van der Waals surface area contributed by atoms with Crippen LogP contribution in [-0.4, -0.2) is 78.4 Å². The molecule has 2 amide bonds. The van der Waals surface area contributed by atoms with Gasteiger partial charge in [-0.2, -0.15) is 0 Å². The van der Waals surface area contributed by atoms with Crippen molar-refractivity contribution in [3.8, 4) is 5.75 Å². The standard InChI is InChI=1S/C40H45N7O6/c1-26(19-27-9-13-31(14-10-27)51-21-30-15-17-42-39(44-30)46-22-40(23-46)24-50-25-40)32-6-3-2-5-28(32)11-12-29(20-41)43-34-8-4-7-33-36(34)38(49)47(37(33)48)35-16-18-52-45-53-35/h2-10,13-15,17,26,29,35,43,45H,11-12,16,18-25,41H2,1H3. The molecular formula is C40H45N7O6. The number of carbonyl (C=O) groups is 2. The molecule has 5 heterocycles. The van der Waals surface area contributed by atoms with Gasteiger partial charge < -0.3 is 25.4 Å². The Hall–Kier alpha value is -4.92. The highest BCUT2D eigenvalue weighted by atomic mass is 16.9. The molecule has 4 aromatic rings. The Morgan fingerprint density at radius 1 is 1.04 bits per heavy atom. The third-order valence-electron chi connectivity index (χ3n) is 10.6. The van der Waals surface area contributed by atoms with Crippen LogP contribution in [-0.2, 0) is 33.9 Å². The van der Waals surface area contributed by atoms with E-state index in [2.05, 4.69) is 64.2 Å². The van der Waals surface area contributed by atoms with Gasteiger partial charge in [0.1, 0.15) is 12.4 Å². The minimum absolute atomic E-state index is 0.116. The molecule has 1 aromatic heterocycles. The lowest BCUT2D eigenvalue weighted by Gasteiger charge is -2.54. The van der Waals surface area contributed by atoms with E-state index in [0.29, 0.717) is 48.4 Å². The van der Waals surface area contributed by atoms with Crippen molar-refractivity contribution in [1.82, 2.24) is 20.5 Å². The largest absolute Gasteiger partial charge is 0.487 e. The van der Waals surface area contributed by atoms with E-state index in [0.717, 1.165) is 67.9 Å². The number of fused-ring (bicyclic) bond motifs is 1. The molecule has 13 heteroatoms. The van der Waals surface area contributed by atoms with Crippen LogP contribution >= 0.6 is 0 Å². The second-order valence-electron chi connectivity index (χ2n) is 14.6. The highest BCUT2D eigenvalue weighted by molar-refractivity contribution is 6.23. The van der Waals surface area contributed by atoms with E-state index in [9.17, 15) is 9.59 Å². The van der Waals surface area contributed by atoms with E-state index in [1.807, 2.05) is 24.3 Å². The maximum Gasteiger partial charge on any atom is 0.265 e. The van der Waals surface area contributed by atoms with E-state index in [-0.39, 0.29) is 17.9 Å². The number of hydrogen-bond acceptors (Lipinski definition) is 12. The Labute approximate surface area is 308 Å². The summed E-state index contributed by atoms with van der Waals surface area (Å²) in [5.41, 5.74) is 14.8. The van der Waals surface area contributed by atoms with Gasteiger partial charge in [-0.3, -0.25) is 19.3 Å². The fourth-order valence-electron chi connectivity index (χ4n) is 7.70. The minimum atomic E-state index is -0.741. The summed E-state index contributed by atoms with van der Waals surface area (Å²) in [6, 6.07) is 23.9. The molecule has 3 unspecified atom stereocenters. The summed E-state index contributed by atoms with van der Waals surface area (Å²) in [7, 11) is 0. The number of carbonyl (C=O) groups excluding carboxylic acids is 2. The van der Waals surface area contributed by atoms with Crippen molar-refractivity contribution < 1.29 is 28.7 Å². The predicted octanol–water partition coefficient (Wildman–Crippen LogP) is 4.39. The number of imide groups is 1. The fraction of sp³-hybridized carbons (Fsp3) is 0.400. The maximum absolute atomic E-state index is 13.5. The lowest BCUT2D eigenvalue weighted by Crippen LogP contribution is -2.66. The number of ether oxygens (including phenoxy) is 2. The molecule has 1 spiro atoms. The summed E-state index contributed by atoms with van der Waals surface area (Å²) < 4.78 is 11.5. The molecule has 0 saturated carbocycles. The number of hydrogen-bond donors (Lipinski definition) is 3. The second kappa shape index (κ2) is 15.2. The molecule has 3 atom stereocenters. The van der Waals surface area contributed by atoms with Gasteiger partial charge in [0.25, 0.3) is 11.8 Å². The molecule has 4 aliphatic heterocycles. The van der Waals surface area contributed by atoms with Crippen molar-refractivity contribution in [2.24, 2.45) is 11.1 Å². The van der Waals surface area contributed by atoms with Crippen LogP contribution in [0.2, 0.25) is 0 Å². The average molecular weight is 720 g/mol. The van der Waals surface area contributed by atoms with Gasteiger partial charge in [-0.15, -0.1) is 0 Å². The molecule has 0 bridgehead atoms. The quantitative estimate of drug-likeness (QED) is 0.159. The maximum atomic E-state index is 13.5. The number of rotatable bonds is 14. The zero-order valence-electron chi connectivity index (χ0n) is 29.8. The lowest BCUT2D eigenvalue weighted by atomic mass is 9.78. The van der Waals surface area contributed by atoms with Crippen LogP contribution in [0.3, 0.4) is 0 Å². The number of aryl methyl sites for hydroxylation is 1. The summed E-state index contributed by atoms with van der Waals surface area (Å²) in [5.74, 6) is 1.06. The van der Waals surface area contributed by atoms with Crippen molar-refractivity contribution in [2.75, 3.05) is 49.7 Å². The van der Waals surface area contributed by atoms with Crippen molar-refractivity contribution in [1.29, 1.82) is 0 Å². The smallest absolute Gasteiger partial charge is 0.265 e. The molecule has 3 saturated heterocycles. The minimum Gasteiger partial charge on any atom is -0.487 e. The van der Waals surface area contributed by atoms with Crippen molar-refractivity contribution >= 4 is 23.5 Å². The summed E-state index contributed by atoms with van der Waals surface area (Å²) in [6.07, 6.45) is 3.87. The number of nitrogens with one attached hydrogen (secondary N) is 2. The molecule has 3 fully saturated rings. The number of amides is 2. The first-order chi connectivity index (χ1) is 25.9. The number of anilines is 2. The summed E-state index contributed by atoms with van der Waals surface area (Å²) in [5, 5.41) is 3.48. The highest BCUT2D eigenvalue weighted by Crippen LogP contribution is 2.39. The summed E-state index contributed by atoms with van der Waals surface area (Å²) in [4.78, 5) is 49.6. The van der Waals surface area contributed by atoms with E-state index >= 15 is 0 Å². The lowest BCUT2D eigenvalue weighted by molar-refractivity contribution is -0.259. The van der Waals surface area contributed by atoms with Gasteiger partial charge in [-0.05, 0) is 72.2 Å². The van der Waals surface area contributed by atoms with Crippen LogP contribution in [0.4, 0.5) is 11.6 Å². The van der Waals surface area contributed by atoms with Crippen LogP contribution in [0, 0.1) is 5.41 Å². The van der Waals surface area contributed by atoms with Gasteiger partial charge in [0.2, 0.25) is 5.95 Å². The molecule has 4 aliphatic rings. The molecule has 8 rings (SSSR count). The van der Waals surface area contributed by atoms with Crippen LogP contribution < -0.4 is 26.3 Å². The molecule has 3 aromatic carbocycles. The highest BCUT2D eigenvalue weighted by Gasteiger charge is 2.50. The Balaban J connectivity index is 0.856. The molecule has 53 heavy (non-hydrogen) atoms. The van der Waals surface area contributed by atoms with E-state index in [4.69, 9.17) is 29.9 Å². The van der Waals surface area contributed by atoms with Gasteiger partial charge in [-0.25, -0.2) is 14.9 Å². The monoisotopic (exact) mass is 719 g/mol. The zero-order valence-corrected chi connectivity index (χ0v) is 29.8. The molecule has 4 N–H and O–H groups in total. The Bertz CT molecular complexity index is 1940. The third kappa shape index (κ3) is 7.35. The SMILES string of the molecule is CC(Cc1ccc(OCc2ccnc(N3CC4(COC4)C3)n2)cc1)c1ccccc1CCC(CN)Nc1cccc2c1C(=O)N(C1CCONO1)C2=O.